The van der Waals surface area contributed by atoms with Crippen molar-refractivity contribution < 1.29 is 18.1 Å². The molecule has 0 unspecified atom stereocenters. The van der Waals surface area contributed by atoms with Gasteiger partial charge in [0.05, 0.1) is 20.0 Å². The zero-order valence-corrected chi connectivity index (χ0v) is 17.3. The molecule has 29 heavy (non-hydrogen) atoms. The van der Waals surface area contributed by atoms with Crippen LogP contribution in [0.1, 0.15) is 18.4 Å². The molecule has 2 aromatic carbocycles. The van der Waals surface area contributed by atoms with Crippen LogP contribution in [0, 0.1) is 17.0 Å². The second-order valence-electron chi connectivity index (χ2n) is 6.88. The third-order valence-electron chi connectivity index (χ3n) is 4.94. The molecule has 2 heterocycles. The number of sulfonamides is 1. The molecule has 0 saturated carbocycles. The summed E-state index contributed by atoms with van der Waals surface area (Å²) in [4.78, 5) is 14.8. The van der Waals surface area contributed by atoms with E-state index >= 15 is 0 Å². The molecular formula is C19H19N3O5S2. The van der Waals surface area contributed by atoms with Crippen molar-refractivity contribution in [3.05, 3.63) is 58.1 Å². The van der Waals surface area contributed by atoms with Gasteiger partial charge in [-0.2, -0.15) is 4.31 Å². The van der Waals surface area contributed by atoms with Crippen molar-refractivity contribution in [3.63, 3.8) is 0 Å². The van der Waals surface area contributed by atoms with Crippen LogP contribution in [-0.4, -0.2) is 41.8 Å². The Morgan fingerprint density at radius 2 is 1.93 bits per heavy atom. The lowest BCUT2D eigenvalue weighted by Crippen LogP contribution is -2.41. The first-order valence-electron chi connectivity index (χ1n) is 9.12. The third-order valence-corrected chi connectivity index (χ3v) is 7.74. The Hall–Kier alpha value is -2.56. The highest BCUT2D eigenvalue weighted by molar-refractivity contribution is 7.89. The number of hydrogen-bond acceptors (Lipinski definition) is 7. The summed E-state index contributed by atoms with van der Waals surface area (Å²) < 4.78 is 34.1. The Kier molecular flexibility index (Phi) is 5.24. The normalized spacial score (nSPS) is 16.2. The number of piperidine rings is 1. The molecule has 1 aromatic heterocycles. The molecule has 0 bridgehead atoms. The van der Waals surface area contributed by atoms with Gasteiger partial charge in [-0.05, 0) is 37.5 Å². The van der Waals surface area contributed by atoms with E-state index in [0.29, 0.717) is 31.1 Å². The number of aromatic nitrogens is 1. The second-order valence-corrected chi connectivity index (χ2v) is 9.81. The van der Waals surface area contributed by atoms with E-state index in [1.54, 1.807) is 0 Å². The van der Waals surface area contributed by atoms with Gasteiger partial charge in [-0.1, -0.05) is 29.5 Å². The summed E-state index contributed by atoms with van der Waals surface area (Å²) in [6.07, 6.45) is 0.944. The molecular weight excluding hydrogens is 414 g/mol. The van der Waals surface area contributed by atoms with E-state index in [0.717, 1.165) is 21.8 Å². The monoisotopic (exact) mass is 433 g/mol. The first-order chi connectivity index (χ1) is 13.8. The lowest BCUT2D eigenvalue weighted by atomic mass is 10.1. The molecule has 4 rings (SSSR count). The smallest absolute Gasteiger partial charge is 0.274 e. The minimum Gasteiger partial charge on any atom is -0.467 e. The highest BCUT2D eigenvalue weighted by atomic mass is 32.2. The molecule has 0 radical (unpaired) electrons. The lowest BCUT2D eigenvalue weighted by Gasteiger charge is -2.30. The lowest BCUT2D eigenvalue weighted by molar-refractivity contribution is -0.385. The fourth-order valence-electron chi connectivity index (χ4n) is 3.36. The number of aryl methyl sites for hydroxylation is 1. The Labute approximate surface area is 172 Å². The molecule has 3 aromatic rings. The number of hydrogen-bond donors (Lipinski definition) is 0. The summed E-state index contributed by atoms with van der Waals surface area (Å²) in [5, 5.41) is 11.5. The van der Waals surface area contributed by atoms with Gasteiger partial charge in [-0.15, -0.1) is 0 Å². The van der Waals surface area contributed by atoms with Crippen molar-refractivity contribution in [2.75, 3.05) is 13.1 Å². The SMILES string of the molecule is Cc1cccc2sc(OC3CCN(S(=O)(=O)c4cccc([N+](=O)[O-])c4)CC3)nc12. The number of thiazole rings is 1. The van der Waals surface area contributed by atoms with E-state index in [2.05, 4.69) is 4.98 Å². The second kappa shape index (κ2) is 7.69. The molecule has 0 N–H and O–H groups in total. The number of fused-ring (bicyclic) bond motifs is 1. The molecule has 0 amide bonds. The number of ether oxygens (including phenoxy) is 1. The first kappa shape index (κ1) is 19.7. The molecule has 152 valence electrons. The van der Waals surface area contributed by atoms with Crippen LogP contribution in [-0.2, 0) is 10.0 Å². The van der Waals surface area contributed by atoms with Crippen LogP contribution in [0.15, 0.2) is 47.4 Å². The van der Waals surface area contributed by atoms with Gasteiger partial charge in [0.2, 0.25) is 10.0 Å². The van der Waals surface area contributed by atoms with Crippen molar-refractivity contribution in [1.82, 2.24) is 9.29 Å². The van der Waals surface area contributed by atoms with Crippen molar-refractivity contribution in [1.29, 1.82) is 0 Å². The van der Waals surface area contributed by atoms with Crippen LogP contribution in [0.4, 0.5) is 5.69 Å². The van der Waals surface area contributed by atoms with Crippen molar-refractivity contribution in [3.8, 4) is 5.19 Å². The van der Waals surface area contributed by atoms with Gasteiger partial charge in [0, 0.05) is 25.2 Å². The zero-order chi connectivity index (χ0) is 20.6. The van der Waals surface area contributed by atoms with Gasteiger partial charge >= 0.3 is 0 Å². The number of nitrogens with zero attached hydrogens (tertiary/aromatic N) is 3. The number of rotatable bonds is 5. The predicted octanol–water partition coefficient (Wildman–Crippen LogP) is 3.75. The summed E-state index contributed by atoms with van der Waals surface area (Å²) in [5.41, 5.74) is 1.78. The molecule has 0 aliphatic carbocycles. The number of non-ortho nitro benzene ring substituents is 1. The van der Waals surface area contributed by atoms with Crippen molar-refractivity contribution in [2.24, 2.45) is 0 Å². The fourth-order valence-corrected chi connectivity index (χ4v) is 5.82. The van der Waals surface area contributed by atoms with Gasteiger partial charge in [0.25, 0.3) is 10.9 Å². The third kappa shape index (κ3) is 3.96. The van der Waals surface area contributed by atoms with Crippen molar-refractivity contribution in [2.45, 2.75) is 30.8 Å². The first-order valence-corrected chi connectivity index (χ1v) is 11.4. The Morgan fingerprint density at radius 3 is 2.62 bits per heavy atom. The summed E-state index contributed by atoms with van der Waals surface area (Å²) in [6.45, 7) is 2.59. The molecule has 1 fully saturated rings. The topological polar surface area (TPSA) is 103 Å². The van der Waals surface area contributed by atoms with E-state index < -0.39 is 14.9 Å². The number of benzene rings is 2. The van der Waals surface area contributed by atoms with Crippen LogP contribution < -0.4 is 4.74 Å². The van der Waals surface area contributed by atoms with Crippen LogP contribution in [0.2, 0.25) is 0 Å². The maximum atomic E-state index is 12.8. The maximum Gasteiger partial charge on any atom is 0.274 e. The van der Waals surface area contributed by atoms with E-state index in [1.165, 1.54) is 33.8 Å². The van der Waals surface area contributed by atoms with Gasteiger partial charge in [0.15, 0.2) is 0 Å². The standard InChI is InChI=1S/C19H19N3O5S2/c1-13-4-2-7-17-18(13)20-19(28-17)27-15-8-10-21(11-9-15)29(25,26)16-6-3-5-14(12-16)22(23)24/h2-7,12,15H,8-11H2,1H3. The molecule has 10 heteroatoms. The van der Waals surface area contributed by atoms with Gasteiger partial charge in [-0.3, -0.25) is 10.1 Å². The predicted molar refractivity (Wildman–Crippen MR) is 110 cm³/mol. The molecule has 1 aliphatic heterocycles. The largest absolute Gasteiger partial charge is 0.467 e. The van der Waals surface area contributed by atoms with Crippen LogP contribution in [0.25, 0.3) is 10.2 Å². The van der Waals surface area contributed by atoms with E-state index in [9.17, 15) is 18.5 Å². The number of para-hydroxylation sites is 1. The van der Waals surface area contributed by atoms with Gasteiger partial charge < -0.3 is 4.74 Å². The molecule has 1 aliphatic rings. The van der Waals surface area contributed by atoms with Gasteiger partial charge in [-0.25, -0.2) is 13.4 Å². The van der Waals surface area contributed by atoms with E-state index in [1.807, 2.05) is 25.1 Å². The number of nitro groups is 1. The Balaban J connectivity index is 1.44. The highest BCUT2D eigenvalue weighted by Crippen LogP contribution is 2.32. The van der Waals surface area contributed by atoms with Crippen LogP contribution in [0.5, 0.6) is 5.19 Å². The minimum absolute atomic E-state index is 0.0623. The van der Waals surface area contributed by atoms with Crippen molar-refractivity contribution >= 4 is 37.3 Å². The van der Waals surface area contributed by atoms with Crippen LogP contribution >= 0.6 is 11.3 Å². The van der Waals surface area contributed by atoms with Gasteiger partial charge in [0.1, 0.15) is 6.10 Å². The van der Waals surface area contributed by atoms with Crippen LogP contribution in [0.3, 0.4) is 0 Å². The number of nitro benzene ring substituents is 1. The molecule has 0 atom stereocenters. The molecule has 8 nitrogen and oxygen atoms in total. The summed E-state index contributed by atoms with van der Waals surface area (Å²) >= 11 is 1.48. The van der Waals surface area contributed by atoms with E-state index in [-0.39, 0.29) is 16.7 Å². The fraction of sp³-hybridized carbons (Fsp3) is 0.316. The summed E-state index contributed by atoms with van der Waals surface area (Å²) in [6, 6.07) is 11.1. The molecule has 0 spiro atoms. The average molecular weight is 434 g/mol. The zero-order valence-electron chi connectivity index (χ0n) is 15.6. The van der Waals surface area contributed by atoms with E-state index in [4.69, 9.17) is 4.74 Å². The highest BCUT2D eigenvalue weighted by Gasteiger charge is 2.31. The quantitative estimate of drug-likeness (QED) is 0.449. The average Bonchev–Trinajstić information content (AvgIpc) is 3.12. The minimum atomic E-state index is -3.78. The summed E-state index contributed by atoms with van der Waals surface area (Å²) in [5.74, 6) is 0. The molecule has 1 saturated heterocycles. The maximum absolute atomic E-state index is 12.8. The Morgan fingerprint density at radius 1 is 1.21 bits per heavy atom. The summed E-state index contributed by atoms with van der Waals surface area (Å²) in [7, 11) is -3.78. The Bertz CT molecular complexity index is 1170.